The van der Waals surface area contributed by atoms with E-state index in [-0.39, 0.29) is 0 Å². The summed E-state index contributed by atoms with van der Waals surface area (Å²) < 4.78 is 0. The predicted octanol–water partition coefficient (Wildman–Crippen LogP) is 1.07. The molecule has 0 radical (unpaired) electrons. The van der Waals surface area contributed by atoms with E-state index in [4.69, 9.17) is 0 Å². The van der Waals surface area contributed by atoms with Gasteiger partial charge in [-0.05, 0) is 20.0 Å². The zero-order valence-electron chi connectivity index (χ0n) is 10.9. The standard InChI is InChI=1S/C12H26N4/c1-5-7-10-16(4)11-9-15-12(13-3)14-8-6-2/h6H,2,5,7-11H2,1,3-4H3,(H2,13,14,15). The summed E-state index contributed by atoms with van der Waals surface area (Å²) in [7, 11) is 3.93. The summed E-state index contributed by atoms with van der Waals surface area (Å²) in [6.45, 7) is 9.73. The minimum atomic E-state index is 0.741. The summed E-state index contributed by atoms with van der Waals surface area (Å²) >= 11 is 0. The average Bonchev–Trinajstić information content (AvgIpc) is 2.30. The molecule has 0 bridgehead atoms. The Bertz CT molecular complexity index is 201. The third-order valence-corrected chi connectivity index (χ3v) is 2.32. The number of rotatable bonds is 8. The molecular formula is C12H26N4. The monoisotopic (exact) mass is 226 g/mol. The molecule has 0 aromatic heterocycles. The van der Waals surface area contributed by atoms with Crippen LogP contribution in [0.4, 0.5) is 0 Å². The molecular weight excluding hydrogens is 200 g/mol. The average molecular weight is 226 g/mol. The van der Waals surface area contributed by atoms with Gasteiger partial charge in [0, 0.05) is 26.7 Å². The van der Waals surface area contributed by atoms with Crippen LogP contribution in [0.2, 0.25) is 0 Å². The van der Waals surface area contributed by atoms with Gasteiger partial charge in [-0.3, -0.25) is 4.99 Å². The summed E-state index contributed by atoms with van der Waals surface area (Å²) in [6.07, 6.45) is 4.33. The lowest BCUT2D eigenvalue weighted by Gasteiger charge is -2.17. The topological polar surface area (TPSA) is 39.7 Å². The highest BCUT2D eigenvalue weighted by atomic mass is 15.2. The zero-order valence-corrected chi connectivity index (χ0v) is 10.9. The Morgan fingerprint density at radius 1 is 1.38 bits per heavy atom. The summed E-state index contributed by atoms with van der Waals surface area (Å²) in [5.41, 5.74) is 0. The fourth-order valence-electron chi connectivity index (χ4n) is 1.29. The maximum Gasteiger partial charge on any atom is 0.191 e. The van der Waals surface area contributed by atoms with Crippen molar-refractivity contribution in [3.63, 3.8) is 0 Å². The Kier molecular flexibility index (Phi) is 9.81. The second-order valence-electron chi connectivity index (χ2n) is 3.83. The zero-order chi connectivity index (χ0) is 12.2. The van der Waals surface area contributed by atoms with Crippen molar-refractivity contribution in [2.75, 3.05) is 40.3 Å². The number of guanidine groups is 1. The molecule has 0 saturated heterocycles. The highest BCUT2D eigenvalue weighted by Crippen LogP contribution is 1.89. The molecule has 94 valence electrons. The molecule has 0 rings (SSSR count). The first kappa shape index (κ1) is 15.0. The fourth-order valence-corrected chi connectivity index (χ4v) is 1.29. The molecule has 0 aromatic carbocycles. The van der Waals surface area contributed by atoms with Crippen molar-refractivity contribution in [2.24, 2.45) is 4.99 Å². The molecule has 0 aromatic rings. The van der Waals surface area contributed by atoms with Crippen LogP contribution in [-0.4, -0.2) is 51.1 Å². The molecule has 0 aliphatic heterocycles. The van der Waals surface area contributed by atoms with E-state index in [1.165, 1.54) is 12.8 Å². The van der Waals surface area contributed by atoms with Crippen LogP contribution >= 0.6 is 0 Å². The second kappa shape index (κ2) is 10.5. The van der Waals surface area contributed by atoms with Gasteiger partial charge in [-0.25, -0.2) is 0 Å². The van der Waals surface area contributed by atoms with E-state index in [2.05, 4.69) is 41.1 Å². The van der Waals surface area contributed by atoms with Crippen LogP contribution in [0.3, 0.4) is 0 Å². The van der Waals surface area contributed by atoms with Gasteiger partial charge >= 0.3 is 0 Å². The van der Waals surface area contributed by atoms with Gasteiger partial charge in [0.15, 0.2) is 5.96 Å². The van der Waals surface area contributed by atoms with E-state index in [9.17, 15) is 0 Å². The van der Waals surface area contributed by atoms with E-state index in [1.807, 2.05) is 6.08 Å². The largest absolute Gasteiger partial charge is 0.355 e. The van der Waals surface area contributed by atoms with E-state index in [0.717, 1.165) is 32.1 Å². The van der Waals surface area contributed by atoms with Crippen LogP contribution in [0.25, 0.3) is 0 Å². The SMILES string of the molecule is C=CCNC(=NC)NCCN(C)CCCC. The number of unbranched alkanes of at least 4 members (excludes halogenated alkanes) is 1. The third-order valence-electron chi connectivity index (χ3n) is 2.32. The van der Waals surface area contributed by atoms with Gasteiger partial charge in [0.05, 0.1) is 0 Å². The van der Waals surface area contributed by atoms with Crippen molar-refractivity contribution >= 4 is 5.96 Å². The maximum absolute atomic E-state index is 4.11. The minimum absolute atomic E-state index is 0.741. The number of nitrogens with zero attached hydrogens (tertiary/aromatic N) is 2. The molecule has 0 unspecified atom stereocenters. The molecule has 0 spiro atoms. The lowest BCUT2D eigenvalue weighted by Crippen LogP contribution is -2.41. The summed E-state index contributed by atoms with van der Waals surface area (Å²) in [5.74, 6) is 0.837. The number of hydrogen-bond acceptors (Lipinski definition) is 2. The summed E-state index contributed by atoms with van der Waals surface area (Å²) in [4.78, 5) is 6.44. The predicted molar refractivity (Wildman–Crippen MR) is 72.0 cm³/mol. The molecule has 0 atom stereocenters. The van der Waals surface area contributed by atoms with Gasteiger partial charge in [-0.15, -0.1) is 6.58 Å². The molecule has 0 saturated carbocycles. The highest BCUT2D eigenvalue weighted by Gasteiger charge is 1.98. The van der Waals surface area contributed by atoms with E-state index < -0.39 is 0 Å². The minimum Gasteiger partial charge on any atom is -0.355 e. The van der Waals surface area contributed by atoms with Crippen LogP contribution in [0.5, 0.6) is 0 Å². The Morgan fingerprint density at radius 2 is 2.12 bits per heavy atom. The smallest absolute Gasteiger partial charge is 0.191 e. The Balaban J connectivity index is 3.57. The van der Waals surface area contributed by atoms with Gasteiger partial charge in [0.1, 0.15) is 0 Å². The van der Waals surface area contributed by atoms with Crippen molar-refractivity contribution in [3.8, 4) is 0 Å². The van der Waals surface area contributed by atoms with E-state index in [0.29, 0.717) is 0 Å². The molecule has 4 heteroatoms. The van der Waals surface area contributed by atoms with Gasteiger partial charge in [0.25, 0.3) is 0 Å². The van der Waals surface area contributed by atoms with Crippen molar-refractivity contribution in [1.82, 2.24) is 15.5 Å². The molecule has 0 fully saturated rings. The lowest BCUT2D eigenvalue weighted by molar-refractivity contribution is 0.332. The molecule has 2 N–H and O–H groups in total. The molecule has 0 heterocycles. The number of likely N-dealkylation sites (N-methyl/N-ethyl adjacent to an activating group) is 1. The molecule has 16 heavy (non-hydrogen) atoms. The normalized spacial score (nSPS) is 11.6. The van der Waals surface area contributed by atoms with Crippen LogP contribution in [-0.2, 0) is 0 Å². The lowest BCUT2D eigenvalue weighted by atomic mass is 10.3. The number of aliphatic imine (C=N–C) groups is 1. The Hall–Kier alpha value is -1.03. The first-order chi connectivity index (χ1) is 7.74. The number of nitrogens with one attached hydrogen (secondary N) is 2. The Morgan fingerprint density at radius 3 is 2.69 bits per heavy atom. The third kappa shape index (κ3) is 8.29. The van der Waals surface area contributed by atoms with Gasteiger partial charge < -0.3 is 15.5 Å². The maximum atomic E-state index is 4.11. The fraction of sp³-hybridized carbons (Fsp3) is 0.750. The van der Waals surface area contributed by atoms with E-state index >= 15 is 0 Å². The van der Waals surface area contributed by atoms with Gasteiger partial charge in [0.2, 0.25) is 0 Å². The molecule has 0 aliphatic rings. The van der Waals surface area contributed by atoms with Crippen LogP contribution < -0.4 is 10.6 Å². The van der Waals surface area contributed by atoms with Gasteiger partial charge in [-0.1, -0.05) is 19.4 Å². The first-order valence-corrected chi connectivity index (χ1v) is 5.98. The van der Waals surface area contributed by atoms with Crippen LogP contribution in [0.15, 0.2) is 17.6 Å². The van der Waals surface area contributed by atoms with Crippen LogP contribution in [0, 0.1) is 0 Å². The molecule has 4 nitrogen and oxygen atoms in total. The highest BCUT2D eigenvalue weighted by molar-refractivity contribution is 5.79. The van der Waals surface area contributed by atoms with Crippen LogP contribution in [0.1, 0.15) is 19.8 Å². The summed E-state index contributed by atoms with van der Waals surface area (Å²) in [5, 5.41) is 6.40. The summed E-state index contributed by atoms with van der Waals surface area (Å²) in [6, 6.07) is 0. The second-order valence-corrected chi connectivity index (χ2v) is 3.83. The van der Waals surface area contributed by atoms with E-state index in [1.54, 1.807) is 7.05 Å². The van der Waals surface area contributed by atoms with Crippen molar-refractivity contribution in [1.29, 1.82) is 0 Å². The Labute approximate surface area is 99.8 Å². The molecule has 0 aliphatic carbocycles. The van der Waals surface area contributed by atoms with Crippen molar-refractivity contribution < 1.29 is 0 Å². The molecule has 0 amide bonds. The quantitative estimate of drug-likeness (QED) is 0.369. The van der Waals surface area contributed by atoms with Crippen molar-refractivity contribution in [2.45, 2.75) is 19.8 Å². The number of hydrogen-bond donors (Lipinski definition) is 2. The van der Waals surface area contributed by atoms with Crippen molar-refractivity contribution in [3.05, 3.63) is 12.7 Å². The first-order valence-electron chi connectivity index (χ1n) is 5.98. The van der Waals surface area contributed by atoms with Gasteiger partial charge in [-0.2, -0.15) is 0 Å².